The third-order valence-corrected chi connectivity index (χ3v) is 3.55. The van der Waals surface area contributed by atoms with Crippen LogP contribution >= 0.6 is 11.8 Å². The molecule has 1 rings (SSSR count). The molecule has 1 heterocycles. The number of aliphatic imine (C=N–C) groups is 1. The number of nitrogens with zero attached hydrogens (tertiary/aromatic N) is 1. The highest BCUT2D eigenvalue weighted by Gasteiger charge is 2.28. The normalized spacial score (nSPS) is 23.5. The van der Waals surface area contributed by atoms with Gasteiger partial charge in [-0.05, 0) is 12.8 Å². The summed E-state index contributed by atoms with van der Waals surface area (Å²) < 4.78 is 0. The first kappa shape index (κ1) is 12.6. The van der Waals surface area contributed by atoms with Crippen molar-refractivity contribution in [3.8, 4) is 0 Å². The van der Waals surface area contributed by atoms with Gasteiger partial charge in [0.25, 0.3) is 0 Å². The van der Waals surface area contributed by atoms with Crippen LogP contribution in [-0.2, 0) is 4.79 Å². The Bertz CT molecular complexity index is 241. The molecule has 1 atom stereocenters. The summed E-state index contributed by atoms with van der Waals surface area (Å²) >= 11 is 1.60. The monoisotopic (exact) mass is 228 g/mol. The Kier molecular flexibility index (Phi) is 5.76. The summed E-state index contributed by atoms with van der Waals surface area (Å²) in [6.07, 6.45) is 5.48. The molecule has 0 aromatic heterocycles. The summed E-state index contributed by atoms with van der Waals surface area (Å²) in [5, 5.41) is 3.78. The maximum Gasteiger partial charge on any atom is 0.239 e. The Morgan fingerprint density at radius 1 is 1.33 bits per heavy atom. The average molecular weight is 228 g/mol. The molecule has 1 saturated heterocycles. The van der Waals surface area contributed by atoms with E-state index in [0.717, 1.165) is 43.8 Å². The van der Waals surface area contributed by atoms with Crippen molar-refractivity contribution in [2.24, 2.45) is 4.99 Å². The fourth-order valence-electron chi connectivity index (χ4n) is 1.40. The number of rotatable bonds is 6. The lowest BCUT2D eigenvalue weighted by Gasteiger charge is -2.01. The van der Waals surface area contributed by atoms with Crippen molar-refractivity contribution >= 4 is 22.8 Å². The minimum atomic E-state index is 0.102. The van der Waals surface area contributed by atoms with E-state index in [9.17, 15) is 4.79 Å². The van der Waals surface area contributed by atoms with E-state index in [1.54, 1.807) is 11.8 Å². The van der Waals surface area contributed by atoms with Gasteiger partial charge in [-0.1, -0.05) is 44.9 Å². The molecule has 1 N–H and O–H groups in total. The molecule has 1 aliphatic heterocycles. The molecule has 1 aliphatic rings. The third kappa shape index (κ3) is 4.24. The molecule has 1 fully saturated rings. The Morgan fingerprint density at radius 3 is 2.73 bits per heavy atom. The van der Waals surface area contributed by atoms with E-state index in [1.165, 1.54) is 0 Å². The molecule has 0 aromatic rings. The fourth-order valence-corrected chi connectivity index (χ4v) is 2.44. The van der Waals surface area contributed by atoms with Gasteiger partial charge in [0.1, 0.15) is 0 Å². The molecule has 0 aliphatic carbocycles. The molecule has 1 unspecified atom stereocenters. The van der Waals surface area contributed by atoms with Gasteiger partial charge in [0.05, 0.1) is 5.25 Å². The molecule has 15 heavy (non-hydrogen) atoms. The standard InChI is InChI=1S/C11H20N2OS/c1-3-5-7-9-10(14)13-11(15-9)12-8-6-4-2/h9H,3-8H2,1-2H3,(H,12,13,14). The maximum atomic E-state index is 11.5. The van der Waals surface area contributed by atoms with Crippen LogP contribution in [0.15, 0.2) is 4.99 Å². The summed E-state index contributed by atoms with van der Waals surface area (Å²) in [5.74, 6) is 0.142. The number of amides is 1. The van der Waals surface area contributed by atoms with Gasteiger partial charge in [0, 0.05) is 6.54 Å². The van der Waals surface area contributed by atoms with Gasteiger partial charge < -0.3 is 5.32 Å². The van der Waals surface area contributed by atoms with Gasteiger partial charge in [-0.15, -0.1) is 0 Å². The molecule has 1 amide bonds. The van der Waals surface area contributed by atoms with Crippen LogP contribution in [0.5, 0.6) is 0 Å². The Balaban J connectivity index is 2.34. The molecule has 0 bridgehead atoms. The van der Waals surface area contributed by atoms with Crippen LogP contribution in [0.25, 0.3) is 0 Å². The number of carbonyl (C=O) groups is 1. The molecule has 3 nitrogen and oxygen atoms in total. The summed E-state index contributed by atoms with van der Waals surface area (Å²) in [7, 11) is 0. The van der Waals surface area contributed by atoms with Crippen molar-refractivity contribution in [2.45, 2.75) is 51.2 Å². The predicted octanol–water partition coefficient (Wildman–Crippen LogP) is 2.56. The van der Waals surface area contributed by atoms with Gasteiger partial charge in [0.15, 0.2) is 5.17 Å². The predicted molar refractivity (Wildman–Crippen MR) is 66.3 cm³/mol. The number of amidine groups is 1. The van der Waals surface area contributed by atoms with E-state index in [-0.39, 0.29) is 11.2 Å². The lowest BCUT2D eigenvalue weighted by molar-refractivity contribution is -0.118. The van der Waals surface area contributed by atoms with Crippen LogP contribution in [0.2, 0.25) is 0 Å². The van der Waals surface area contributed by atoms with Gasteiger partial charge in [0.2, 0.25) is 5.91 Å². The van der Waals surface area contributed by atoms with Crippen LogP contribution in [0.4, 0.5) is 0 Å². The van der Waals surface area contributed by atoms with Crippen LogP contribution in [0.3, 0.4) is 0 Å². The van der Waals surface area contributed by atoms with E-state index in [0.29, 0.717) is 0 Å². The van der Waals surface area contributed by atoms with Crippen LogP contribution in [-0.4, -0.2) is 22.9 Å². The van der Waals surface area contributed by atoms with Gasteiger partial charge in [-0.2, -0.15) is 0 Å². The summed E-state index contributed by atoms with van der Waals surface area (Å²) in [6.45, 7) is 5.12. The molecule has 4 heteroatoms. The molecular weight excluding hydrogens is 208 g/mol. The summed E-state index contributed by atoms with van der Waals surface area (Å²) in [5.41, 5.74) is 0. The van der Waals surface area contributed by atoms with E-state index in [2.05, 4.69) is 24.2 Å². The van der Waals surface area contributed by atoms with E-state index in [4.69, 9.17) is 0 Å². The average Bonchev–Trinajstić information content (AvgIpc) is 2.57. The van der Waals surface area contributed by atoms with Crippen molar-refractivity contribution in [1.29, 1.82) is 0 Å². The minimum absolute atomic E-state index is 0.102. The number of unbranched alkanes of at least 4 members (excludes halogenated alkanes) is 2. The Hall–Kier alpha value is -0.510. The number of thioether (sulfide) groups is 1. The molecule has 0 saturated carbocycles. The summed E-state index contributed by atoms with van der Waals surface area (Å²) in [6, 6.07) is 0. The van der Waals surface area contributed by atoms with E-state index < -0.39 is 0 Å². The van der Waals surface area contributed by atoms with Crippen molar-refractivity contribution < 1.29 is 4.79 Å². The smallest absolute Gasteiger partial charge is 0.239 e. The van der Waals surface area contributed by atoms with Crippen molar-refractivity contribution in [3.63, 3.8) is 0 Å². The number of carbonyl (C=O) groups excluding carboxylic acids is 1. The third-order valence-electron chi connectivity index (χ3n) is 2.36. The van der Waals surface area contributed by atoms with E-state index >= 15 is 0 Å². The molecular formula is C11H20N2OS. The highest BCUT2D eigenvalue weighted by atomic mass is 32.2. The van der Waals surface area contributed by atoms with Crippen LogP contribution < -0.4 is 5.32 Å². The van der Waals surface area contributed by atoms with Gasteiger partial charge >= 0.3 is 0 Å². The number of hydrogen-bond donors (Lipinski definition) is 1. The topological polar surface area (TPSA) is 41.5 Å². The fraction of sp³-hybridized carbons (Fsp3) is 0.818. The largest absolute Gasteiger partial charge is 0.304 e. The Morgan fingerprint density at radius 2 is 2.07 bits per heavy atom. The van der Waals surface area contributed by atoms with Crippen LogP contribution in [0, 0.1) is 0 Å². The van der Waals surface area contributed by atoms with E-state index in [1.807, 2.05) is 0 Å². The lowest BCUT2D eigenvalue weighted by atomic mass is 10.2. The minimum Gasteiger partial charge on any atom is -0.304 e. The summed E-state index contributed by atoms with van der Waals surface area (Å²) in [4.78, 5) is 15.9. The first-order chi connectivity index (χ1) is 7.27. The molecule has 0 spiro atoms. The van der Waals surface area contributed by atoms with Gasteiger partial charge in [-0.25, -0.2) is 0 Å². The Labute approximate surface area is 96.1 Å². The zero-order valence-corrected chi connectivity index (χ0v) is 10.4. The highest BCUT2D eigenvalue weighted by molar-refractivity contribution is 8.15. The zero-order chi connectivity index (χ0) is 11.1. The molecule has 0 aromatic carbocycles. The van der Waals surface area contributed by atoms with Crippen molar-refractivity contribution in [2.75, 3.05) is 6.54 Å². The van der Waals surface area contributed by atoms with Crippen molar-refractivity contribution in [1.82, 2.24) is 5.32 Å². The lowest BCUT2D eigenvalue weighted by Crippen LogP contribution is -2.24. The molecule has 0 radical (unpaired) electrons. The van der Waals surface area contributed by atoms with Crippen molar-refractivity contribution in [3.05, 3.63) is 0 Å². The first-order valence-corrected chi connectivity index (χ1v) is 6.67. The number of hydrogen-bond acceptors (Lipinski definition) is 3. The molecule has 86 valence electrons. The maximum absolute atomic E-state index is 11.5. The van der Waals surface area contributed by atoms with Crippen LogP contribution in [0.1, 0.15) is 46.0 Å². The second-order valence-electron chi connectivity index (χ2n) is 3.78. The quantitative estimate of drug-likeness (QED) is 0.710. The second kappa shape index (κ2) is 6.88. The second-order valence-corrected chi connectivity index (χ2v) is 4.97. The number of nitrogens with one attached hydrogen (secondary N) is 1. The zero-order valence-electron chi connectivity index (χ0n) is 9.58. The SMILES string of the molecule is CCCCN=C1NC(=O)C(CCCC)S1. The highest BCUT2D eigenvalue weighted by Crippen LogP contribution is 2.23. The first-order valence-electron chi connectivity index (χ1n) is 5.79. The van der Waals surface area contributed by atoms with Gasteiger partial charge in [-0.3, -0.25) is 9.79 Å².